The average molecular weight is 314 g/mol. The summed E-state index contributed by atoms with van der Waals surface area (Å²) in [6.45, 7) is 3.40. The smallest absolute Gasteiger partial charge is 0.267 e. The van der Waals surface area contributed by atoms with Crippen LogP contribution in [-0.2, 0) is 13.0 Å². The minimum Gasteiger partial charge on any atom is -0.346 e. The van der Waals surface area contributed by atoms with Crippen molar-refractivity contribution in [3.63, 3.8) is 0 Å². The van der Waals surface area contributed by atoms with E-state index in [0.717, 1.165) is 18.7 Å². The molecular formula is C16H18N4OS. The van der Waals surface area contributed by atoms with E-state index in [2.05, 4.69) is 38.5 Å². The van der Waals surface area contributed by atoms with Crippen LogP contribution in [0.25, 0.3) is 10.9 Å². The van der Waals surface area contributed by atoms with E-state index in [9.17, 15) is 4.79 Å². The van der Waals surface area contributed by atoms with Crippen LogP contribution in [0.4, 0.5) is 0 Å². The topological polar surface area (TPSA) is 51.0 Å². The van der Waals surface area contributed by atoms with E-state index in [1.807, 2.05) is 26.1 Å². The summed E-state index contributed by atoms with van der Waals surface area (Å²) in [7, 11) is 1.83. The molecule has 2 aromatic heterocycles. The summed E-state index contributed by atoms with van der Waals surface area (Å²) in [4.78, 5) is 14.8. The maximum absolute atomic E-state index is 12.5. The number of carbonyl (C=O) groups excluding carboxylic acids is 1. The molecule has 3 aromatic rings. The number of fused-ring (bicyclic) bond motifs is 1. The van der Waals surface area contributed by atoms with Crippen LogP contribution in [0.5, 0.6) is 0 Å². The molecule has 0 aliphatic rings. The van der Waals surface area contributed by atoms with E-state index in [0.29, 0.717) is 11.4 Å². The molecule has 0 spiro atoms. The molecule has 0 fully saturated rings. The van der Waals surface area contributed by atoms with E-state index in [1.54, 1.807) is 4.90 Å². The van der Waals surface area contributed by atoms with Gasteiger partial charge in [-0.2, -0.15) is 0 Å². The summed E-state index contributed by atoms with van der Waals surface area (Å²) in [5.41, 5.74) is 1.98. The first-order valence-corrected chi connectivity index (χ1v) is 8.08. The molecule has 0 N–H and O–H groups in total. The molecule has 0 atom stereocenters. The summed E-state index contributed by atoms with van der Waals surface area (Å²) in [6.07, 6.45) is 2.79. The van der Waals surface area contributed by atoms with Crippen LogP contribution in [0.2, 0.25) is 0 Å². The molecular weight excluding hydrogens is 296 g/mol. The molecule has 0 unspecified atom stereocenters. The molecule has 2 heterocycles. The maximum atomic E-state index is 12.5. The Morgan fingerprint density at radius 2 is 2.14 bits per heavy atom. The Labute approximate surface area is 133 Å². The molecule has 0 radical (unpaired) electrons. The Hall–Kier alpha value is -2.21. The number of nitrogens with zero attached hydrogens (tertiary/aromatic N) is 4. The molecule has 0 saturated heterocycles. The highest BCUT2D eigenvalue weighted by Crippen LogP contribution is 2.16. The van der Waals surface area contributed by atoms with Gasteiger partial charge in [-0.25, -0.2) is 0 Å². The van der Waals surface area contributed by atoms with Gasteiger partial charge in [-0.1, -0.05) is 29.6 Å². The zero-order valence-electron chi connectivity index (χ0n) is 12.7. The Morgan fingerprint density at radius 3 is 2.95 bits per heavy atom. The third-order valence-electron chi connectivity index (χ3n) is 3.79. The number of hydrogen-bond donors (Lipinski definition) is 0. The second-order valence-corrected chi connectivity index (χ2v) is 5.95. The summed E-state index contributed by atoms with van der Waals surface area (Å²) < 4.78 is 6.06. The maximum Gasteiger partial charge on any atom is 0.267 e. The lowest BCUT2D eigenvalue weighted by Crippen LogP contribution is -2.30. The van der Waals surface area contributed by atoms with E-state index in [-0.39, 0.29) is 5.91 Å². The molecule has 5 nitrogen and oxygen atoms in total. The Bertz CT molecular complexity index is 792. The highest BCUT2D eigenvalue weighted by molar-refractivity contribution is 7.07. The quantitative estimate of drug-likeness (QED) is 0.727. The number of amides is 1. The van der Waals surface area contributed by atoms with Crippen molar-refractivity contribution in [1.29, 1.82) is 0 Å². The molecule has 0 saturated carbocycles. The number of carbonyl (C=O) groups is 1. The van der Waals surface area contributed by atoms with Crippen LogP contribution >= 0.6 is 11.5 Å². The molecule has 0 bridgehead atoms. The molecule has 3 rings (SSSR count). The van der Waals surface area contributed by atoms with Gasteiger partial charge in [-0.3, -0.25) is 4.79 Å². The summed E-state index contributed by atoms with van der Waals surface area (Å²) in [5.74, 6) is 0.00307. The summed E-state index contributed by atoms with van der Waals surface area (Å²) in [5, 5.41) is 5.22. The van der Waals surface area contributed by atoms with E-state index >= 15 is 0 Å². The molecule has 0 aliphatic heterocycles. The fraction of sp³-hybridized carbons (Fsp3) is 0.312. The van der Waals surface area contributed by atoms with Crippen molar-refractivity contribution in [2.24, 2.45) is 0 Å². The monoisotopic (exact) mass is 314 g/mol. The fourth-order valence-corrected chi connectivity index (χ4v) is 3.22. The molecule has 22 heavy (non-hydrogen) atoms. The Kier molecular flexibility index (Phi) is 4.20. The number of likely N-dealkylation sites (N-methyl/N-ethyl adjacent to an activating group) is 1. The van der Waals surface area contributed by atoms with Gasteiger partial charge in [0.1, 0.15) is 4.88 Å². The molecule has 114 valence electrons. The van der Waals surface area contributed by atoms with Crippen molar-refractivity contribution in [2.75, 3.05) is 13.6 Å². The first-order valence-electron chi connectivity index (χ1n) is 7.31. The number of para-hydroxylation sites is 1. The second kappa shape index (κ2) is 6.27. The lowest BCUT2D eigenvalue weighted by molar-refractivity contribution is 0.0794. The Balaban J connectivity index is 1.69. The molecule has 6 heteroatoms. The average Bonchev–Trinajstić information content (AvgIpc) is 3.18. The normalized spacial score (nSPS) is 11.0. The SMILES string of the molecule is CCc1nnsc1C(=O)N(C)CCn1ccc2ccccc21. The standard InChI is InChI=1S/C16H18N4OS/c1-3-13-15(22-18-17-13)16(21)19(2)10-11-20-9-8-12-6-4-5-7-14(12)20/h4-9H,3,10-11H2,1-2H3. The van der Waals surface area contributed by atoms with Gasteiger partial charge in [0.05, 0.1) is 5.69 Å². The van der Waals surface area contributed by atoms with Gasteiger partial charge in [0.2, 0.25) is 0 Å². The first kappa shape index (κ1) is 14.7. The summed E-state index contributed by atoms with van der Waals surface area (Å²) >= 11 is 1.18. The van der Waals surface area contributed by atoms with Crippen LogP contribution in [0.15, 0.2) is 36.5 Å². The lowest BCUT2D eigenvalue weighted by atomic mass is 10.2. The Morgan fingerprint density at radius 1 is 1.32 bits per heavy atom. The molecule has 1 aromatic carbocycles. The number of aryl methyl sites for hydroxylation is 1. The van der Waals surface area contributed by atoms with Crippen LogP contribution in [0.3, 0.4) is 0 Å². The van der Waals surface area contributed by atoms with Crippen LogP contribution in [0, 0.1) is 0 Å². The van der Waals surface area contributed by atoms with Crippen molar-refractivity contribution in [3.05, 3.63) is 47.1 Å². The summed E-state index contributed by atoms with van der Waals surface area (Å²) in [6, 6.07) is 10.4. The largest absolute Gasteiger partial charge is 0.346 e. The van der Waals surface area contributed by atoms with Crippen molar-refractivity contribution < 1.29 is 4.79 Å². The number of rotatable bonds is 5. The van der Waals surface area contributed by atoms with Gasteiger partial charge in [-0.15, -0.1) is 5.10 Å². The van der Waals surface area contributed by atoms with Crippen molar-refractivity contribution in [3.8, 4) is 0 Å². The van der Waals surface area contributed by atoms with Gasteiger partial charge < -0.3 is 9.47 Å². The van der Waals surface area contributed by atoms with Gasteiger partial charge in [0.15, 0.2) is 0 Å². The van der Waals surface area contributed by atoms with Crippen molar-refractivity contribution >= 4 is 28.3 Å². The van der Waals surface area contributed by atoms with E-state index in [4.69, 9.17) is 0 Å². The number of hydrogen-bond acceptors (Lipinski definition) is 4. The predicted molar refractivity (Wildman–Crippen MR) is 88.2 cm³/mol. The van der Waals surface area contributed by atoms with Gasteiger partial charge in [0.25, 0.3) is 5.91 Å². The van der Waals surface area contributed by atoms with Crippen LogP contribution in [0.1, 0.15) is 22.3 Å². The minimum atomic E-state index is 0.00307. The minimum absolute atomic E-state index is 0.00307. The van der Waals surface area contributed by atoms with Gasteiger partial charge in [-0.05, 0) is 35.5 Å². The number of benzene rings is 1. The molecule has 0 aliphatic carbocycles. The van der Waals surface area contributed by atoms with Crippen molar-refractivity contribution in [1.82, 2.24) is 19.1 Å². The molecule has 1 amide bonds. The van der Waals surface area contributed by atoms with Gasteiger partial charge >= 0.3 is 0 Å². The first-order chi connectivity index (χ1) is 10.7. The van der Waals surface area contributed by atoms with Crippen LogP contribution < -0.4 is 0 Å². The third kappa shape index (κ3) is 2.74. The van der Waals surface area contributed by atoms with Crippen LogP contribution in [-0.4, -0.2) is 38.6 Å². The zero-order chi connectivity index (χ0) is 15.5. The predicted octanol–water partition coefficient (Wildman–Crippen LogP) is 2.83. The van der Waals surface area contributed by atoms with Crippen molar-refractivity contribution in [2.45, 2.75) is 19.9 Å². The third-order valence-corrected chi connectivity index (χ3v) is 4.54. The zero-order valence-corrected chi connectivity index (χ0v) is 13.5. The number of aromatic nitrogens is 3. The van der Waals surface area contributed by atoms with Gasteiger partial charge in [0, 0.05) is 31.9 Å². The fourth-order valence-electron chi connectivity index (χ4n) is 2.47. The van der Waals surface area contributed by atoms with E-state index in [1.165, 1.54) is 22.4 Å². The lowest BCUT2D eigenvalue weighted by Gasteiger charge is -2.17. The highest BCUT2D eigenvalue weighted by Gasteiger charge is 2.18. The van der Waals surface area contributed by atoms with E-state index < -0.39 is 0 Å². The second-order valence-electron chi connectivity index (χ2n) is 5.20. The highest BCUT2D eigenvalue weighted by atomic mass is 32.1.